The number of benzene rings is 1. The van der Waals surface area contributed by atoms with Crippen LogP contribution in [-0.4, -0.2) is 24.5 Å². The van der Waals surface area contributed by atoms with E-state index in [1.54, 1.807) is 11.9 Å². The van der Waals surface area contributed by atoms with Crippen molar-refractivity contribution in [1.29, 1.82) is 0 Å². The minimum absolute atomic E-state index is 0.00486. The van der Waals surface area contributed by atoms with E-state index in [-0.39, 0.29) is 12.1 Å². The summed E-state index contributed by atoms with van der Waals surface area (Å²) in [6.07, 6.45) is 0. The van der Waals surface area contributed by atoms with Gasteiger partial charge in [0, 0.05) is 18.6 Å². The summed E-state index contributed by atoms with van der Waals surface area (Å²) in [5.74, 6) is 0. The van der Waals surface area contributed by atoms with E-state index in [4.69, 9.17) is 11.6 Å². The van der Waals surface area contributed by atoms with E-state index in [0.29, 0.717) is 11.6 Å². The Morgan fingerprint density at radius 1 is 1.56 bits per heavy atom. The summed E-state index contributed by atoms with van der Waals surface area (Å²) >= 11 is 5.92. The number of amides is 2. The van der Waals surface area contributed by atoms with Gasteiger partial charge in [0.2, 0.25) is 0 Å². The zero-order chi connectivity index (χ0) is 12.1. The number of nitrogens with one attached hydrogen (secondary N) is 1. The molecule has 0 heterocycles. The molecule has 1 unspecified atom stereocenters. The van der Waals surface area contributed by atoms with Gasteiger partial charge >= 0.3 is 6.03 Å². The van der Waals surface area contributed by atoms with E-state index in [9.17, 15) is 4.79 Å². The fraction of sp³-hybridized carbons (Fsp3) is 0.417. The molecule has 0 aromatic heterocycles. The minimum Gasteiger partial charge on any atom is -0.338 e. The Kier molecular flexibility index (Phi) is 4.62. The SMILES string of the molecule is CCNC(=O)N(C)C(C)c1cccc(Cl)c1. The Morgan fingerprint density at radius 3 is 2.81 bits per heavy atom. The third-order valence-electron chi connectivity index (χ3n) is 2.56. The topological polar surface area (TPSA) is 32.3 Å². The third-order valence-corrected chi connectivity index (χ3v) is 2.80. The maximum absolute atomic E-state index is 11.6. The standard InChI is InChI=1S/C12H17ClN2O/c1-4-14-12(16)15(3)9(2)10-6-5-7-11(13)8-10/h5-9H,4H2,1-3H3,(H,14,16). The van der Waals surface area contributed by atoms with Gasteiger partial charge in [0.25, 0.3) is 0 Å². The zero-order valence-corrected chi connectivity index (χ0v) is 10.6. The molecule has 2 amide bonds. The van der Waals surface area contributed by atoms with Crippen molar-refractivity contribution in [3.63, 3.8) is 0 Å². The van der Waals surface area contributed by atoms with Crippen molar-refractivity contribution in [1.82, 2.24) is 10.2 Å². The van der Waals surface area contributed by atoms with E-state index < -0.39 is 0 Å². The lowest BCUT2D eigenvalue weighted by Crippen LogP contribution is -2.38. The molecule has 0 saturated heterocycles. The Labute approximate surface area is 101 Å². The zero-order valence-electron chi connectivity index (χ0n) is 9.83. The Morgan fingerprint density at radius 2 is 2.25 bits per heavy atom. The molecule has 1 N–H and O–H groups in total. The van der Waals surface area contributed by atoms with E-state index in [2.05, 4.69) is 5.32 Å². The number of carbonyl (C=O) groups excluding carboxylic acids is 1. The molecule has 4 heteroatoms. The van der Waals surface area contributed by atoms with Gasteiger partial charge in [-0.3, -0.25) is 0 Å². The van der Waals surface area contributed by atoms with Crippen LogP contribution in [0.4, 0.5) is 4.79 Å². The highest BCUT2D eigenvalue weighted by atomic mass is 35.5. The predicted octanol–water partition coefficient (Wildman–Crippen LogP) is 3.06. The quantitative estimate of drug-likeness (QED) is 0.865. The van der Waals surface area contributed by atoms with Crippen molar-refractivity contribution >= 4 is 17.6 Å². The Balaban J connectivity index is 2.77. The molecule has 1 atom stereocenters. The molecule has 1 rings (SSSR count). The van der Waals surface area contributed by atoms with E-state index >= 15 is 0 Å². The average molecular weight is 241 g/mol. The van der Waals surface area contributed by atoms with Gasteiger partial charge in [-0.15, -0.1) is 0 Å². The maximum Gasteiger partial charge on any atom is 0.317 e. The molecule has 0 bridgehead atoms. The summed E-state index contributed by atoms with van der Waals surface area (Å²) in [5, 5.41) is 3.45. The second-order valence-corrected chi connectivity index (χ2v) is 4.11. The molecular weight excluding hydrogens is 224 g/mol. The molecular formula is C12H17ClN2O. The molecule has 0 aliphatic carbocycles. The highest BCUT2D eigenvalue weighted by Gasteiger charge is 2.16. The van der Waals surface area contributed by atoms with Crippen LogP contribution >= 0.6 is 11.6 Å². The molecule has 0 fully saturated rings. The normalized spacial score (nSPS) is 12.0. The molecule has 88 valence electrons. The Bertz CT molecular complexity index is 368. The highest BCUT2D eigenvalue weighted by molar-refractivity contribution is 6.30. The molecule has 3 nitrogen and oxygen atoms in total. The fourth-order valence-electron chi connectivity index (χ4n) is 1.44. The first kappa shape index (κ1) is 12.8. The molecule has 0 aliphatic rings. The molecule has 0 saturated carbocycles. The number of urea groups is 1. The minimum atomic E-state index is -0.0741. The van der Waals surface area contributed by atoms with Gasteiger partial charge < -0.3 is 10.2 Å². The lowest BCUT2D eigenvalue weighted by molar-refractivity contribution is 0.195. The van der Waals surface area contributed by atoms with Crippen LogP contribution in [0.2, 0.25) is 5.02 Å². The van der Waals surface area contributed by atoms with E-state index in [0.717, 1.165) is 5.56 Å². The smallest absolute Gasteiger partial charge is 0.317 e. The van der Waals surface area contributed by atoms with Crippen LogP contribution in [0.25, 0.3) is 0 Å². The van der Waals surface area contributed by atoms with Crippen LogP contribution in [-0.2, 0) is 0 Å². The highest BCUT2D eigenvalue weighted by Crippen LogP contribution is 2.21. The van der Waals surface area contributed by atoms with Crippen molar-refractivity contribution < 1.29 is 4.79 Å². The van der Waals surface area contributed by atoms with Gasteiger partial charge in [-0.25, -0.2) is 4.79 Å². The van der Waals surface area contributed by atoms with Crippen LogP contribution in [0, 0.1) is 0 Å². The molecule has 1 aromatic rings. The third kappa shape index (κ3) is 3.14. The lowest BCUT2D eigenvalue weighted by atomic mass is 10.1. The first-order valence-electron chi connectivity index (χ1n) is 5.32. The van der Waals surface area contributed by atoms with Gasteiger partial charge in [-0.05, 0) is 31.5 Å². The molecule has 16 heavy (non-hydrogen) atoms. The number of halogens is 1. The molecule has 0 radical (unpaired) electrons. The van der Waals surface area contributed by atoms with E-state index in [1.807, 2.05) is 38.1 Å². The van der Waals surface area contributed by atoms with E-state index in [1.165, 1.54) is 0 Å². The summed E-state index contributed by atoms with van der Waals surface area (Å²) in [4.78, 5) is 13.3. The van der Waals surface area contributed by atoms with Crippen molar-refractivity contribution in [3.05, 3.63) is 34.9 Å². The predicted molar refractivity (Wildman–Crippen MR) is 66.7 cm³/mol. The van der Waals surface area contributed by atoms with Crippen molar-refractivity contribution in [2.24, 2.45) is 0 Å². The lowest BCUT2D eigenvalue weighted by Gasteiger charge is -2.25. The summed E-state index contributed by atoms with van der Waals surface area (Å²) in [6.45, 7) is 4.50. The summed E-state index contributed by atoms with van der Waals surface area (Å²) < 4.78 is 0. The van der Waals surface area contributed by atoms with Gasteiger partial charge in [-0.2, -0.15) is 0 Å². The largest absolute Gasteiger partial charge is 0.338 e. The number of nitrogens with zero attached hydrogens (tertiary/aromatic N) is 1. The number of carbonyl (C=O) groups is 1. The maximum atomic E-state index is 11.6. The van der Waals surface area contributed by atoms with Crippen molar-refractivity contribution in [2.75, 3.05) is 13.6 Å². The van der Waals surface area contributed by atoms with Gasteiger partial charge in [0.15, 0.2) is 0 Å². The molecule has 1 aromatic carbocycles. The summed E-state index contributed by atoms with van der Waals surface area (Å²) in [5.41, 5.74) is 1.03. The monoisotopic (exact) mass is 240 g/mol. The van der Waals surface area contributed by atoms with Crippen LogP contribution in [0.15, 0.2) is 24.3 Å². The van der Waals surface area contributed by atoms with Crippen molar-refractivity contribution in [3.8, 4) is 0 Å². The van der Waals surface area contributed by atoms with Crippen LogP contribution in [0.3, 0.4) is 0 Å². The van der Waals surface area contributed by atoms with Gasteiger partial charge in [-0.1, -0.05) is 23.7 Å². The fourth-order valence-corrected chi connectivity index (χ4v) is 1.64. The first-order chi connectivity index (χ1) is 7.56. The number of rotatable bonds is 3. The summed E-state index contributed by atoms with van der Waals surface area (Å²) in [7, 11) is 1.77. The van der Waals surface area contributed by atoms with Gasteiger partial charge in [0.1, 0.15) is 0 Å². The summed E-state index contributed by atoms with van der Waals surface area (Å²) in [6, 6.07) is 7.48. The average Bonchev–Trinajstić information content (AvgIpc) is 2.27. The van der Waals surface area contributed by atoms with Crippen LogP contribution < -0.4 is 5.32 Å². The molecule has 0 aliphatic heterocycles. The number of hydrogen-bond acceptors (Lipinski definition) is 1. The van der Waals surface area contributed by atoms with Crippen LogP contribution in [0.5, 0.6) is 0 Å². The molecule has 0 spiro atoms. The van der Waals surface area contributed by atoms with Crippen LogP contribution in [0.1, 0.15) is 25.5 Å². The second-order valence-electron chi connectivity index (χ2n) is 3.68. The van der Waals surface area contributed by atoms with Crippen molar-refractivity contribution in [2.45, 2.75) is 19.9 Å². The Hall–Kier alpha value is -1.22. The second kappa shape index (κ2) is 5.75. The first-order valence-corrected chi connectivity index (χ1v) is 5.70. The number of hydrogen-bond donors (Lipinski definition) is 1. The van der Waals surface area contributed by atoms with Gasteiger partial charge in [0.05, 0.1) is 6.04 Å².